The van der Waals surface area contributed by atoms with Gasteiger partial charge in [0.05, 0.1) is 36.6 Å². The van der Waals surface area contributed by atoms with Gasteiger partial charge in [0.1, 0.15) is 18.1 Å². The van der Waals surface area contributed by atoms with Crippen LogP contribution in [0.1, 0.15) is 31.7 Å². The predicted molar refractivity (Wildman–Crippen MR) is 110 cm³/mol. The molecule has 1 aromatic carbocycles. The Balaban J connectivity index is 1.75. The first-order valence-electron chi connectivity index (χ1n) is 10.0. The molecule has 0 saturated carbocycles. The molecule has 0 aromatic heterocycles. The molecule has 7 heteroatoms. The molecule has 3 unspecified atom stereocenters. The summed E-state index contributed by atoms with van der Waals surface area (Å²) in [5, 5.41) is 20.0. The van der Waals surface area contributed by atoms with Gasteiger partial charge in [-0.3, -0.25) is 0 Å². The molecular formula is C22H29ClO6. The lowest BCUT2D eigenvalue weighted by Gasteiger charge is -2.32. The molecule has 0 amide bonds. The van der Waals surface area contributed by atoms with Crippen molar-refractivity contribution in [1.82, 2.24) is 0 Å². The molecule has 0 radical (unpaired) electrons. The fourth-order valence-electron chi connectivity index (χ4n) is 3.55. The van der Waals surface area contributed by atoms with Gasteiger partial charge in [0, 0.05) is 6.42 Å². The molecule has 2 heterocycles. The summed E-state index contributed by atoms with van der Waals surface area (Å²) in [6, 6.07) is 7.92. The summed E-state index contributed by atoms with van der Waals surface area (Å²) in [5.74, 6) is 1.46. The second-order valence-corrected chi connectivity index (χ2v) is 7.63. The van der Waals surface area contributed by atoms with Gasteiger partial charge in [-0.1, -0.05) is 29.8 Å². The Morgan fingerprint density at radius 1 is 1.24 bits per heavy atom. The van der Waals surface area contributed by atoms with E-state index in [9.17, 15) is 10.2 Å². The van der Waals surface area contributed by atoms with Crippen LogP contribution in [0.2, 0.25) is 0 Å². The maximum atomic E-state index is 10.0. The van der Waals surface area contributed by atoms with Crippen LogP contribution in [0.3, 0.4) is 0 Å². The second-order valence-electron chi connectivity index (χ2n) is 7.25. The number of benzene rings is 1. The average Bonchev–Trinajstić information content (AvgIpc) is 3.26. The smallest absolute Gasteiger partial charge is 0.189 e. The van der Waals surface area contributed by atoms with Crippen LogP contribution in [0.5, 0.6) is 5.75 Å². The Morgan fingerprint density at radius 3 is 2.66 bits per heavy atom. The van der Waals surface area contributed by atoms with E-state index in [2.05, 4.69) is 0 Å². The van der Waals surface area contributed by atoms with E-state index < -0.39 is 6.10 Å². The molecule has 2 N–H and O–H groups in total. The first-order chi connectivity index (χ1) is 14.1. The summed E-state index contributed by atoms with van der Waals surface area (Å²) in [6.07, 6.45) is 3.29. The third kappa shape index (κ3) is 6.46. The summed E-state index contributed by atoms with van der Waals surface area (Å²) in [7, 11) is 0. The van der Waals surface area contributed by atoms with Crippen molar-refractivity contribution in [1.29, 1.82) is 0 Å². The largest absolute Gasteiger partial charge is 0.494 e. The summed E-state index contributed by atoms with van der Waals surface area (Å²) in [4.78, 5) is 0. The molecule has 0 spiro atoms. The molecule has 0 aliphatic carbocycles. The normalized spacial score (nSPS) is 26.9. The number of allylic oxidation sites excluding steroid dienone is 2. The van der Waals surface area contributed by atoms with Gasteiger partial charge in [0.15, 0.2) is 6.79 Å². The molecule has 1 aromatic rings. The molecule has 2 fully saturated rings. The minimum atomic E-state index is -0.464. The van der Waals surface area contributed by atoms with E-state index in [0.717, 1.165) is 16.9 Å². The van der Waals surface area contributed by atoms with Gasteiger partial charge >= 0.3 is 0 Å². The lowest BCUT2D eigenvalue weighted by molar-refractivity contribution is -0.110. The van der Waals surface area contributed by atoms with E-state index in [1.54, 1.807) is 0 Å². The van der Waals surface area contributed by atoms with E-state index in [1.165, 1.54) is 0 Å². The maximum Gasteiger partial charge on any atom is 0.189 e. The zero-order valence-electron chi connectivity index (χ0n) is 16.7. The van der Waals surface area contributed by atoms with Gasteiger partial charge in [-0.15, -0.1) is 0 Å². The Hall–Kier alpha value is -1.57. The van der Waals surface area contributed by atoms with Gasteiger partial charge in [-0.25, -0.2) is 0 Å². The second kappa shape index (κ2) is 11.0. The van der Waals surface area contributed by atoms with Crippen molar-refractivity contribution in [2.45, 2.75) is 50.9 Å². The molecule has 3 rings (SSSR count). The van der Waals surface area contributed by atoms with Gasteiger partial charge in [-0.2, -0.15) is 0 Å². The highest BCUT2D eigenvalue weighted by atomic mass is 35.5. The van der Waals surface area contributed by atoms with E-state index in [0.29, 0.717) is 49.7 Å². The van der Waals surface area contributed by atoms with E-state index >= 15 is 0 Å². The molecule has 6 nitrogen and oxygen atoms in total. The molecule has 2 saturated heterocycles. The van der Waals surface area contributed by atoms with Crippen molar-refractivity contribution >= 4 is 11.6 Å². The topological polar surface area (TPSA) is 77.4 Å². The minimum absolute atomic E-state index is 0.0910. The molecule has 2 aliphatic rings. The van der Waals surface area contributed by atoms with Crippen molar-refractivity contribution in [3.8, 4) is 5.75 Å². The van der Waals surface area contributed by atoms with Gasteiger partial charge in [0.2, 0.25) is 0 Å². The highest BCUT2D eigenvalue weighted by Crippen LogP contribution is 2.29. The standard InChI is InChI=1S/C22H29ClO6/c1-2-27-18-6-3-15(4-7-18)9-16(22(23)21-13-26-14-28-21)5-8-19-10-17(25)11-20(12-24)29-19/h3-7,17,19-20,24-25H,2,8-14H2,1H3/b16-5-,22-21-. The quantitative estimate of drug-likeness (QED) is 0.666. The fourth-order valence-corrected chi connectivity index (χ4v) is 3.81. The first-order valence-corrected chi connectivity index (χ1v) is 10.4. The number of aliphatic hydroxyl groups excluding tert-OH is 2. The van der Waals surface area contributed by atoms with Gasteiger partial charge in [0.25, 0.3) is 0 Å². The van der Waals surface area contributed by atoms with Crippen molar-refractivity contribution in [2.75, 3.05) is 26.6 Å². The molecule has 3 atom stereocenters. The Bertz CT molecular complexity index is 707. The number of hydrogen-bond donors (Lipinski definition) is 2. The summed E-state index contributed by atoms with van der Waals surface area (Å²) in [6.45, 7) is 3.05. The van der Waals surface area contributed by atoms with Crippen molar-refractivity contribution < 1.29 is 29.2 Å². The first kappa shape index (κ1) is 22.1. The molecule has 2 aliphatic heterocycles. The van der Waals surface area contributed by atoms with Crippen LogP contribution in [0, 0.1) is 0 Å². The summed E-state index contributed by atoms with van der Waals surface area (Å²) in [5.41, 5.74) is 2.01. The van der Waals surface area contributed by atoms with Gasteiger partial charge in [-0.05, 0) is 49.5 Å². The van der Waals surface area contributed by atoms with Gasteiger partial charge < -0.3 is 29.2 Å². The third-order valence-electron chi connectivity index (χ3n) is 4.99. The van der Waals surface area contributed by atoms with Crippen molar-refractivity contribution in [3.63, 3.8) is 0 Å². The van der Waals surface area contributed by atoms with Crippen LogP contribution >= 0.6 is 11.6 Å². The van der Waals surface area contributed by atoms with Crippen LogP contribution in [-0.4, -0.2) is 55.1 Å². The Morgan fingerprint density at radius 2 is 2.00 bits per heavy atom. The van der Waals surface area contributed by atoms with E-state index in [4.69, 9.17) is 30.5 Å². The summed E-state index contributed by atoms with van der Waals surface area (Å²) < 4.78 is 22.1. The maximum absolute atomic E-state index is 10.0. The Labute approximate surface area is 176 Å². The zero-order valence-corrected chi connectivity index (χ0v) is 17.4. The average molecular weight is 425 g/mol. The predicted octanol–water partition coefficient (Wildman–Crippen LogP) is 3.30. The molecule has 29 heavy (non-hydrogen) atoms. The van der Waals surface area contributed by atoms with Crippen LogP contribution in [0.25, 0.3) is 0 Å². The highest BCUT2D eigenvalue weighted by molar-refractivity contribution is 6.32. The lowest BCUT2D eigenvalue weighted by Crippen LogP contribution is -2.37. The number of halogens is 1. The van der Waals surface area contributed by atoms with E-state index in [-0.39, 0.29) is 25.6 Å². The van der Waals surface area contributed by atoms with Crippen molar-refractivity contribution in [2.24, 2.45) is 0 Å². The van der Waals surface area contributed by atoms with E-state index in [1.807, 2.05) is 37.3 Å². The summed E-state index contributed by atoms with van der Waals surface area (Å²) >= 11 is 6.64. The number of rotatable bonds is 8. The number of hydrogen-bond acceptors (Lipinski definition) is 6. The Kier molecular flexibility index (Phi) is 8.39. The van der Waals surface area contributed by atoms with Crippen LogP contribution in [-0.2, 0) is 20.6 Å². The highest BCUT2D eigenvalue weighted by Gasteiger charge is 2.27. The minimum Gasteiger partial charge on any atom is -0.494 e. The SMILES string of the molecule is CCOc1ccc(CC(=C/CC2CC(O)CC(CO)O2)/C(Cl)=C2\COCO2)cc1. The zero-order chi connectivity index (χ0) is 20.6. The van der Waals surface area contributed by atoms with Crippen LogP contribution in [0.4, 0.5) is 0 Å². The monoisotopic (exact) mass is 424 g/mol. The molecule has 0 bridgehead atoms. The molecule has 160 valence electrons. The lowest BCUT2D eigenvalue weighted by atomic mass is 9.97. The molecular weight excluding hydrogens is 396 g/mol. The van der Waals surface area contributed by atoms with Crippen LogP contribution in [0.15, 0.2) is 46.7 Å². The number of ether oxygens (including phenoxy) is 4. The third-order valence-corrected chi connectivity index (χ3v) is 5.44. The van der Waals surface area contributed by atoms with Crippen LogP contribution < -0.4 is 4.74 Å². The van der Waals surface area contributed by atoms with Crippen molar-refractivity contribution in [3.05, 3.63) is 52.3 Å². The number of aliphatic hydroxyl groups is 2. The fraction of sp³-hybridized carbons (Fsp3) is 0.545.